The van der Waals surface area contributed by atoms with Crippen molar-refractivity contribution in [3.63, 3.8) is 0 Å². The first-order valence-corrected chi connectivity index (χ1v) is 12.1. The van der Waals surface area contributed by atoms with Crippen LogP contribution in [-0.4, -0.2) is 80.9 Å². The molecule has 1 aromatic heterocycles. The van der Waals surface area contributed by atoms with Gasteiger partial charge >= 0.3 is 0 Å². The minimum Gasteiger partial charge on any atom is -0.379 e. The van der Waals surface area contributed by atoms with Crippen LogP contribution in [0.4, 0.5) is 11.4 Å². The van der Waals surface area contributed by atoms with Gasteiger partial charge in [-0.2, -0.15) is 4.31 Å². The van der Waals surface area contributed by atoms with Gasteiger partial charge in [0.05, 0.1) is 18.1 Å². The largest absolute Gasteiger partial charge is 0.379 e. The fraction of sp³-hybridized carbons (Fsp3) is 0.421. The minimum absolute atomic E-state index is 0.0209. The molecule has 0 spiro atoms. The van der Waals surface area contributed by atoms with Crippen LogP contribution in [0.5, 0.6) is 0 Å². The fourth-order valence-corrected chi connectivity index (χ4v) is 6.47. The van der Waals surface area contributed by atoms with E-state index in [4.69, 9.17) is 4.74 Å². The van der Waals surface area contributed by atoms with Crippen LogP contribution in [0.3, 0.4) is 0 Å². The molecule has 2 aliphatic rings. The summed E-state index contributed by atoms with van der Waals surface area (Å²) in [4.78, 5) is 27.6. The molecule has 3 heterocycles. The smallest absolute Gasteiger partial charge is 0.271 e. The lowest BCUT2D eigenvalue weighted by molar-refractivity contribution is -0.384. The summed E-state index contributed by atoms with van der Waals surface area (Å²) in [7, 11) is -3.76. The molecule has 0 radical (unpaired) electrons. The summed E-state index contributed by atoms with van der Waals surface area (Å²) >= 11 is 1.13. The van der Waals surface area contributed by atoms with Crippen LogP contribution in [0, 0.1) is 10.1 Å². The average Bonchev–Trinajstić information content (AvgIpc) is 3.30. The number of piperazine rings is 1. The maximum atomic E-state index is 13.1. The Labute approximate surface area is 183 Å². The Balaban J connectivity index is 1.46. The second-order valence-corrected chi connectivity index (χ2v) is 10.0. The zero-order chi connectivity index (χ0) is 22.0. The molecule has 0 bridgehead atoms. The van der Waals surface area contributed by atoms with Crippen molar-refractivity contribution in [1.82, 2.24) is 9.21 Å². The van der Waals surface area contributed by atoms with E-state index in [9.17, 15) is 23.3 Å². The molecule has 2 saturated heterocycles. The molecule has 166 valence electrons. The Hall–Kier alpha value is -2.54. The molecule has 4 rings (SSSR count). The summed E-state index contributed by atoms with van der Waals surface area (Å²) < 4.78 is 32.6. The van der Waals surface area contributed by atoms with E-state index in [1.807, 2.05) is 4.90 Å². The predicted molar refractivity (Wildman–Crippen MR) is 115 cm³/mol. The molecule has 0 atom stereocenters. The zero-order valence-electron chi connectivity index (χ0n) is 16.7. The highest BCUT2D eigenvalue weighted by Gasteiger charge is 2.33. The quantitative estimate of drug-likeness (QED) is 0.486. The Morgan fingerprint density at radius 2 is 1.77 bits per heavy atom. The van der Waals surface area contributed by atoms with Crippen molar-refractivity contribution in [2.75, 3.05) is 57.4 Å². The molecule has 1 amide bonds. The first-order chi connectivity index (χ1) is 14.9. The molecule has 0 aliphatic carbocycles. The molecule has 0 saturated carbocycles. The zero-order valence-corrected chi connectivity index (χ0v) is 18.3. The first kappa shape index (κ1) is 21.7. The summed E-state index contributed by atoms with van der Waals surface area (Å²) in [5.74, 6) is -0.305. The van der Waals surface area contributed by atoms with Crippen molar-refractivity contribution < 1.29 is 22.9 Å². The molecule has 12 heteroatoms. The molecule has 0 unspecified atom stereocenters. The van der Waals surface area contributed by atoms with Gasteiger partial charge in [0.25, 0.3) is 11.6 Å². The predicted octanol–water partition coefficient (Wildman–Crippen LogP) is 1.64. The highest BCUT2D eigenvalue weighted by molar-refractivity contribution is 7.89. The Morgan fingerprint density at radius 1 is 1.06 bits per heavy atom. The number of nitrogens with zero attached hydrogens (tertiary/aromatic N) is 4. The Morgan fingerprint density at radius 3 is 2.45 bits per heavy atom. The van der Waals surface area contributed by atoms with E-state index in [0.29, 0.717) is 39.4 Å². The normalized spacial score (nSPS) is 18.2. The first-order valence-electron chi connectivity index (χ1n) is 9.82. The number of thiophene rings is 1. The van der Waals surface area contributed by atoms with Crippen molar-refractivity contribution in [3.8, 4) is 0 Å². The van der Waals surface area contributed by atoms with E-state index < -0.39 is 14.9 Å². The molecule has 1 aromatic carbocycles. The highest BCUT2D eigenvalue weighted by Crippen LogP contribution is 2.28. The maximum Gasteiger partial charge on any atom is 0.271 e. The lowest BCUT2D eigenvalue weighted by Gasteiger charge is -2.36. The maximum absolute atomic E-state index is 13.1. The van der Waals surface area contributed by atoms with E-state index in [1.165, 1.54) is 22.5 Å². The van der Waals surface area contributed by atoms with Crippen molar-refractivity contribution >= 4 is 38.6 Å². The van der Waals surface area contributed by atoms with Crippen molar-refractivity contribution in [3.05, 3.63) is 50.7 Å². The summed E-state index contributed by atoms with van der Waals surface area (Å²) in [6.45, 7) is 3.03. The van der Waals surface area contributed by atoms with Crippen LogP contribution in [0.15, 0.2) is 40.6 Å². The SMILES string of the molecule is O=C(c1sccc1S(=O)(=O)N1CCOCC1)N1CCN(c2cccc([N+](=O)[O-])c2)CC1. The van der Waals surface area contributed by atoms with Crippen molar-refractivity contribution in [1.29, 1.82) is 0 Å². The Bertz CT molecular complexity index is 1070. The van der Waals surface area contributed by atoms with E-state index in [1.54, 1.807) is 22.4 Å². The van der Waals surface area contributed by atoms with E-state index in [-0.39, 0.29) is 34.5 Å². The third kappa shape index (κ3) is 4.42. The van der Waals surface area contributed by atoms with Gasteiger partial charge in [-0.1, -0.05) is 6.07 Å². The number of morpholine rings is 1. The van der Waals surface area contributed by atoms with Gasteiger partial charge in [-0.25, -0.2) is 8.42 Å². The Kier molecular flexibility index (Phi) is 6.23. The number of nitro groups is 1. The third-order valence-corrected chi connectivity index (χ3v) is 8.36. The van der Waals surface area contributed by atoms with Gasteiger partial charge in [0.15, 0.2) is 0 Å². The van der Waals surface area contributed by atoms with Crippen LogP contribution in [0.2, 0.25) is 0 Å². The second-order valence-electron chi connectivity index (χ2n) is 7.19. The van der Waals surface area contributed by atoms with Crippen LogP contribution >= 0.6 is 11.3 Å². The van der Waals surface area contributed by atoms with Crippen molar-refractivity contribution in [2.24, 2.45) is 0 Å². The van der Waals surface area contributed by atoms with Gasteiger partial charge < -0.3 is 14.5 Å². The average molecular weight is 467 g/mol. The number of nitro benzene ring substituents is 1. The molecule has 31 heavy (non-hydrogen) atoms. The molecule has 10 nitrogen and oxygen atoms in total. The van der Waals surface area contributed by atoms with E-state index >= 15 is 0 Å². The number of hydrogen-bond acceptors (Lipinski definition) is 8. The number of benzene rings is 1. The topological polar surface area (TPSA) is 113 Å². The van der Waals surface area contributed by atoms with Gasteiger partial charge in [0.1, 0.15) is 9.77 Å². The fourth-order valence-electron chi connectivity index (χ4n) is 3.70. The molecule has 2 aliphatic heterocycles. The van der Waals surface area contributed by atoms with E-state index in [0.717, 1.165) is 17.0 Å². The lowest BCUT2D eigenvalue weighted by atomic mass is 10.2. The van der Waals surface area contributed by atoms with Crippen LogP contribution in [0.25, 0.3) is 0 Å². The van der Waals surface area contributed by atoms with Crippen LogP contribution in [-0.2, 0) is 14.8 Å². The summed E-state index contributed by atoms with van der Waals surface area (Å²) in [5.41, 5.74) is 0.751. The molecular weight excluding hydrogens is 444 g/mol. The number of hydrogen-bond donors (Lipinski definition) is 0. The third-order valence-electron chi connectivity index (χ3n) is 5.38. The van der Waals surface area contributed by atoms with Gasteiger partial charge in [-0.05, 0) is 17.5 Å². The number of rotatable bonds is 5. The minimum atomic E-state index is -3.76. The summed E-state index contributed by atoms with van der Waals surface area (Å²) in [6, 6.07) is 7.89. The van der Waals surface area contributed by atoms with Crippen LogP contribution in [0.1, 0.15) is 9.67 Å². The number of sulfonamides is 1. The summed E-state index contributed by atoms with van der Waals surface area (Å²) in [5, 5.41) is 12.6. The van der Waals surface area contributed by atoms with Gasteiger partial charge in [-0.15, -0.1) is 11.3 Å². The van der Waals surface area contributed by atoms with E-state index in [2.05, 4.69) is 0 Å². The number of anilines is 1. The molecule has 2 fully saturated rings. The number of ether oxygens (including phenoxy) is 1. The van der Waals surface area contributed by atoms with Gasteiger partial charge in [-0.3, -0.25) is 14.9 Å². The molecule has 2 aromatic rings. The molecule has 0 N–H and O–H groups in total. The summed E-state index contributed by atoms with van der Waals surface area (Å²) in [6.07, 6.45) is 0. The second kappa shape index (κ2) is 8.91. The highest BCUT2D eigenvalue weighted by atomic mass is 32.2. The molecular formula is C19H22N4O6S2. The number of amides is 1. The standard InChI is InChI=1S/C19H22N4O6S2/c24-19(18-17(4-13-30-18)31(27,28)22-9-11-29-12-10-22)21-7-5-20(6-8-21)15-2-1-3-16(14-15)23(25)26/h1-4,13-14H,5-12H2. The lowest BCUT2D eigenvalue weighted by Crippen LogP contribution is -2.49. The van der Waals surface area contributed by atoms with Crippen LogP contribution < -0.4 is 4.90 Å². The van der Waals surface area contributed by atoms with Gasteiger partial charge in [0, 0.05) is 57.1 Å². The number of non-ortho nitro benzene ring substituents is 1. The number of carbonyl (C=O) groups is 1. The number of carbonyl (C=O) groups excluding carboxylic acids is 1. The van der Waals surface area contributed by atoms with Crippen molar-refractivity contribution in [2.45, 2.75) is 4.90 Å². The monoisotopic (exact) mass is 466 g/mol. The van der Waals surface area contributed by atoms with Gasteiger partial charge in [0.2, 0.25) is 10.0 Å².